The van der Waals surface area contributed by atoms with Gasteiger partial charge in [-0.2, -0.15) is 0 Å². The predicted octanol–water partition coefficient (Wildman–Crippen LogP) is 1.59. The molecule has 0 aliphatic carbocycles. The van der Waals surface area contributed by atoms with Gasteiger partial charge < -0.3 is 9.80 Å². The van der Waals surface area contributed by atoms with E-state index in [2.05, 4.69) is 40.8 Å². The lowest BCUT2D eigenvalue weighted by Crippen LogP contribution is -2.53. The molecule has 0 radical (unpaired) electrons. The fraction of sp³-hybridized carbons (Fsp3) is 0.625. The molecule has 1 aliphatic heterocycles. The van der Waals surface area contributed by atoms with Crippen LogP contribution in [0, 0.1) is 0 Å². The second-order valence-electron chi connectivity index (χ2n) is 6.14. The number of nitrogens with zero attached hydrogens (tertiary/aromatic N) is 4. The Morgan fingerprint density at radius 3 is 2.67 bits per heavy atom. The first-order valence-corrected chi connectivity index (χ1v) is 7.57. The molecule has 5 nitrogen and oxygen atoms in total. The summed E-state index contributed by atoms with van der Waals surface area (Å²) in [4.78, 5) is 22.7. The van der Waals surface area contributed by atoms with Crippen LogP contribution >= 0.6 is 0 Å². The maximum atomic E-state index is 12.0. The number of hydrogen-bond acceptors (Lipinski definition) is 4. The molecule has 0 unspecified atom stereocenters. The van der Waals surface area contributed by atoms with Crippen molar-refractivity contribution in [3.63, 3.8) is 0 Å². The first kappa shape index (κ1) is 15.8. The zero-order valence-corrected chi connectivity index (χ0v) is 13.7. The summed E-state index contributed by atoms with van der Waals surface area (Å²) in [6.45, 7) is 8.76. The second-order valence-corrected chi connectivity index (χ2v) is 6.14. The molecule has 1 saturated heterocycles. The number of anilines is 1. The van der Waals surface area contributed by atoms with Crippen molar-refractivity contribution in [3.05, 3.63) is 23.9 Å². The third-order valence-electron chi connectivity index (χ3n) is 4.33. The topological polar surface area (TPSA) is 39.7 Å². The van der Waals surface area contributed by atoms with Crippen LogP contribution in [0.15, 0.2) is 18.3 Å². The van der Waals surface area contributed by atoms with Crippen LogP contribution in [0.25, 0.3) is 0 Å². The molecule has 1 aromatic rings. The molecule has 1 aliphatic rings. The van der Waals surface area contributed by atoms with Gasteiger partial charge in [0.05, 0.1) is 6.04 Å². The van der Waals surface area contributed by atoms with Crippen molar-refractivity contribution >= 4 is 11.7 Å². The molecule has 0 saturated carbocycles. The Hall–Kier alpha value is -1.62. The van der Waals surface area contributed by atoms with Gasteiger partial charge in [0.15, 0.2) is 0 Å². The molecule has 0 N–H and O–H groups in total. The van der Waals surface area contributed by atoms with Gasteiger partial charge in [-0.1, -0.05) is 6.07 Å². The largest absolute Gasteiger partial charge is 0.357 e. The molecule has 1 atom stereocenters. The Morgan fingerprint density at radius 2 is 2.10 bits per heavy atom. The molecule has 0 bridgehead atoms. The molecule has 1 amide bonds. The highest BCUT2D eigenvalue weighted by molar-refractivity contribution is 5.81. The van der Waals surface area contributed by atoms with Crippen LogP contribution < -0.4 is 4.90 Å². The third-order valence-corrected chi connectivity index (χ3v) is 4.33. The Bertz CT molecular complexity index is 486. The lowest BCUT2D eigenvalue weighted by molar-refractivity contribution is -0.139. The first-order chi connectivity index (χ1) is 9.90. The minimum atomic E-state index is -0.0539. The van der Waals surface area contributed by atoms with Gasteiger partial charge in [0.2, 0.25) is 5.91 Å². The van der Waals surface area contributed by atoms with Gasteiger partial charge in [-0.15, -0.1) is 0 Å². The highest BCUT2D eigenvalue weighted by Crippen LogP contribution is 2.16. The second kappa shape index (κ2) is 6.43. The number of pyridine rings is 1. The first-order valence-electron chi connectivity index (χ1n) is 7.57. The summed E-state index contributed by atoms with van der Waals surface area (Å²) in [7, 11) is 3.92. The van der Waals surface area contributed by atoms with Gasteiger partial charge in [-0.05, 0) is 32.4 Å². The van der Waals surface area contributed by atoms with Crippen LogP contribution in [0.4, 0.5) is 5.82 Å². The molecule has 0 spiro atoms. The van der Waals surface area contributed by atoms with Crippen molar-refractivity contribution in [1.29, 1.82) is 0 Å². The summed E-state index contributed by atoms with van der Waals surface area (Å²) in [6.07, 6.45) is 1.92. The Labute approximate surface area is 127 Å². The van der Waals surface area contributed by atoms with E-state index in [1.54, 1.807) is 4.90 Å². The quantitative estimate of drug-likeness (QED) is 0.844. The van der Waals surface area contributed by atoms with Crippen LogP contribution in [-0.4, -0.2) is 60.0 Å². The van der Waals surface area contributed by atoms with Crippen molar-refractivity contribution in [2.45, 2.75) is 39.4 Å². The van der Waals surface area contributed by atoms with Crippen LogP contribution in [-0.2, 0) is 11.3 Å². The van der Waals surface area contributed by atoms with Crippen molar-refractivity contribution in [2.75, 3.05) is 32.1 Å². The Morgan fingerprint density at radius 1 is 1.38 bits per heavy atom. The Balaban J connectivity index is 2.02. The minimum absolute atomic E-state index is 0.0539. The number of likely N-dealkylation sites (N-methyl/N-ethyl adjacent to an activating group) is 1. The summed E-state index contributed by atoms with van der Waals surface area (Å²) < 4.78 is 0. The van der Waals surface area contributed by atoms with E-state index in [0.29, 0.717) is 6.04 Å². The molecular formula is C16H26N4O. The monoisotopic (exact) mass is 290 g/mol. The highest BCUT2D eigenvalue weighted by atomic mass is 16.2. The van der Waals surface area contributed by atoms with Gasteiger partial charge in [0, 0.05) is 46.0 Å². The smallest absolute Gasteiger partial charge is 0.239 e. The number of carbonyl (C=O) groups excluding carboxylic acids is 1. The van der Waals surface area contributed by atoms with Crippen LogP contribution in [0.5, 0.6) is 0 Å². The molecule has 2 rings (SSSR count). The van der Waals surface area contributed by atoms with Gasteiger partial charge in [0.1, 0.15) is 5.82 Å². The highest BCUT2D eigenvalue weighted by Gasteiger charge is 2.29. The van der Waals surface area contributed by atoms with Gasteiger partial charge >= 0.3 is 0 Å². The standard InChI is InChI=1S/C16H26N4O/c1-12(2)19(5)15-7-6-14(10-17-15)11-20-9-8-18(4)16(21)13(20)3/h6-7,10,12-13H,8-9,11H2,1-5H3/t13-/m1/s1. The van der Waals surface area contributed by atoms with E-state index in [1.807, 2.05) is 27.2 Å². The van der Waals surface area contributed by atoms with E-state index in [9.17, 15) is 4.79 Å². The summed E-state index contributed by atoms with van der Waals surface area (Å²) in [5, 5.41) is 0. The van der Waals surface area contributed by atoms with Crippen LogP contribution in [0.3, 0.4) is 0 Å². The van der Waals surface area contributed by atoms with E-state index in [4.69, 9.17) is 0 Å². The number of amides is 1. The average Bonchev–Trinajstić information content (AvgIpc) is 2.48. The number of hydrogen-bond donors (Lipinski definition) is 0. The van der Waals surface area contributed by atoms with E-state index in [-0.39, 0.29) is 11.9 Å². The van der Waals surface area contributed by atoms with E-state index in [0.717, 1.165) is 31.0 Å². The fourth-order valence-corrected chi connectivity index (χ4v) is 2.49. The molecule has 0 aromatic carbocycles. The van der Waals surface area contributed by atoms with Crippen LogP contribution in [0.1, 0.15) is 26.3 Å². The molecule has 116 valence electrons. The number of aromatic nitrogens is 1. The van der Waals surface area contributed by atoms with Gasteiger partial charge in [-0.3, -0.25) is 9.69 Å². The summed E-state index contributed by atoms with van der Waals surface area (Å²) >= 11 is 0. The SMILES string of the molecule is CC(C)N(C)c1ccc(CN2CCN(C)C(=O)[C@H]2C)cn1. The third kappa shape index (κ3) is 3.53. The predicted molar refractivity (Wildman–Crippen MR) is 85.3 cm³/mol. The van der Waals surface area contributed by atoms with E-state index in [1.165, 1.54) is 0 Å². The number of piperazine rings is 1. The Kier molecular flexibility index (Phi) is 4.83. The average molecular weight is 290 g/mol. The molecule has 2 heterocycles. The molecule has 1 fully saturated rings. The lowest BCUT2D eigenvalue weighted by atomic mass is 10.1. The minimum Gasteiger partial charge on any atom is -0.357 e. The van der Waals surface area contributed by atoms with Gasteiger partial charge in [-0.25, -0.2) is 4.98 Å². The van der Waals surface area contributed by atoms with Crippen molar-refractivity contribution < 1.29 is 4.79 Å². The zero-order chi connectivity index (χ0) is 15.6. The normalized spacial score (nSPS) is 20.2. The number of carbonyl (C=O) groups is 1. The molecule has 5 heteroatoms. The maximum absolute atomic E-state index is 12.0. The molecular weight excluding hydrogens is 264 g/mol. The summed E-state index contributed by atoms with van der Waals surface area (Å²) in [6, 6.07) is 4.54. The summed E-state index contributed by atoms with van der Waals surface area (Å²) in [5.41, 5.74) is 1.15. The van der Waals surface area contributed by atoms with E-state index >= 15 is 0 Å². The van der Waals surface area contributed by atoms with Crippen molar-refractivity contribution in [1.82, 2.24) is 14.8 Å². The fourth-order valence-electron chi connectivity index (χ4n) is 2.49. The van der Waals surface area contributed by atoms with Gasteiger partial charge in [0.25, 0.3) is 0 Å². The molecule has 21 heavy (non-hydrogen) atoms. The van der Waals surface area contributed by atoms with Crippen molar-refractivity contribution in [2.24, 2.45) is 0 Å². The van der Waals surface area contributed by atoms with E-state index < -0.39 is 0 Å². The zero-order valence-electron chi connectivity index (χ0n) is 13.7. The summed E-state index contributed by atoms with van der Waals surface area (Å²) in [5.74, 6) is 1.18. The molecule has 1 aromatic heterocycles. The van der Waals surface area contributed by atoms with Crippen molar-refractivity contribution in [3.8, 4) is 0 Å². The number of rotatable bonds is 4. The van der Waals surface area contributed by atoms with Crippen LogP contribution in [0.2, 0.25) is 0 Å². The maximum Gasteiger partial charge on any atom is 0.239 e. The lowest BCUT2D eigenvalue weighted by Gasteiger charge is -2.37.